The lowest BCUT2D eigenvalue weighted by Gasteiger charge is -1.93. The highest BCUT2D eigenvalue weighted by molar-refractivity contribution is 7.26. The van der Waals surface area contributed by atoms with Crippen molar-refractivity contribution in [1.29, 1.82) is 0 Å². The topological polar surface area (TPSA) is 25.8 Å². The molecule has 0 radical (unpaired) electrons. The standard InChI is InChI=1S/C10H3ClF2N2S/c11-10-9-7(14-3-15-10)5-1-4(12)2-6(13)8(5)16-9/h1-3H. The Morgan fingerprint density at radius 1 is 1.12 bits per heavy atom. The minimum atomic E-state index is -0.626. The molecule has 1 aromatic carbocycles. The molecule has 2 nitrogen and oxygen atoms in total. The summed E-state index contributed by atoms with van der Waals surface area (Å²) in [7, 11) is 0. The number of nitrogens with zero attached hydrogens (tertiary/aromatic N) is 2. The van der Waals surface area contributed by atoms with Crippen molar-refractivity contribution in [3.63, 3.8) is 0 Å². The Kier molecular flexibility index (Phi) is 2.05. The predicted octanol–water partition coefficient (Wildman–Crippen LogP) is 3.78. The summed E-state index contributed by atoms with van der Waals surface area (Å²) in [5.74, 6) is -1.23. The fourth-order valence-corrected chi connectivity index (χ4v) is 2.85. The van der Waals surface area contributed by atoms with Crippen LogP contribution >= 0.6 is 22.9 Å². The molecular formula is C10H3ClF2N2S. The van der Waals surface area contributed by atoms with Gasteiger partial charge in [0.2, 0.25) is 0 Å². The van der Waals surface area contributed by atoms with Gasteiger partial charge in [-0.2, -0.15) is 0 Å². The van der Waals surface area contributed by atoms with E-state index in [1.54, 1.807) is 0 Å². The molecule has 16 heavy (non-hydrogen) atoms. The normalized spacial score (nSPS) is 11.4. The van der Waals surface area contributed by atoms with Crippen molar-refractivity contribution in [2.45, 2.75) is 0 Å². The molecule has 6 heteroatoms. The van der Waals surface area contributed by atoms with Crippen LogP contribution in [0.15, 0.2) is 18.5 Å². The first kappa shape index (κ1) is 9.86. The van der Waals surface area contributed by atoms with Gasteiger partial charge in [0.15, 0.2) is 0 Å². The molecule has 0 saturated carbocycles. The first-order valence-corrected chi connectivity index (χ1v) is 5.54. The minimum Gasteiger partial charge on any atom is -0.235 e. The van der Waals surface area contributed by atoms with E-state index in [1.165, 1.54) is 12.4 Å². The van der Waals surface area contributed by atoms with Crippen LogP contribution in [-0.2, 0) is 0 Å². The largest absolute Gasteiger partial charge is 0.235 e. The third-order valence-electron chi connectivity index (χ3n) is 2.23. The first-order chi connectivity index (χ1) is 7.66. The molecule has 80 valence electrons. The van der Waals surface area contributed by atoms with Gasteiger partial charge in [-0.1, -0.05) is 11.6 Å². The van der Waals surface area contributed by atoms with Crippen LogP contribution in [0.1, 0.15) is 0 Å². The zero-order valence-corrected chi connectivity index (χ0v) is 9.24. The Hall–Kier alpha value is -1.33. The van der Waals surface area contributed by atoms with Crippen molar-refractivity contribution in [1.82, 2.24) is 9.97 Å². The highest BCUT2D eigenvalue weighted by atomic mass is 35.5. The smallest absolute Gasteiger partial charge is 0.150 e. The Morgan fingerprint density at radius 3 is 2.75 bits per heavy atom. The Balaban J connectivity index is 2.61. The van der Waals surface area contributed by atoms with E-state index < -0.39 is 11.6 Å². The van der Waals surface area contributed by atoms with E-state index >= 15 is 0 Å². The summed E-state index contributed by atoms with van der Waals surface area (Å²) >= 11 is 6.99. The number of halogens is 3. The summed E-state index contributed by atoms with van der Waals surface area (Å²) in [6.07, 6.45) is 1.28. The molecule has 2 aromatic heterocycles. The van der Waals surface area contributed by atoms with Crippen molar-refractivity contribution in [3.8, 4) is 0 Å². The lowest BCUT2D eigenvalue weighted by Crippen LogP contribution is -1.81. The second-order valence-electron chi connectivity index (χ2n) is 3.21. The second kappa shape index (κ2) is 3.33. The Labute approximate surface area is 97.5 Å². The highest BCUT2D eigenvalue weighted by Gasteiger charge is 2.14. The van der Waals surface area contributed by atoms with Gasteiger partial charge in [0.25, 0.3) is 0 Å². The van der Waals surface area contributed by atoms with Gasteiger partial charge in [-0.05, 0) is 6.07 Å². The maximum Gasteiger partial charge on any atom is 0.150 e. The van der Waals surface area contributed by atoms with E-state index in [9.17, 15) is 8.78 Å². The number of fused-ring (bicyclic) bond motifs is 3. The van der Waals surface area contributed by atoms with Crippen LogP contribution in [0.25, 0.3) is 20.3 Å². The van der Waals surface area contributed by atoms with Gasteiger partial charge in [0.1, 0.15) is 23.1 Å². The molecule has 0 bridgehead atoms. The van der Waals surface area contributed by atoms with E-state index in [4.69, 9.17) is 11.6 Å². The first-order valence-electron chi connectivity index (χ1n) is 4.34. The molecule has 2 heterocycles. The average molecular weight is 257 g/mol. The van der Waals surface area contributed by atoms with Gasteiger partial charge in [0, 0.05) is 11.5 Å². The lowest BCUT2D eigenvalue weighted by molar-refractivity contribution is 0.593. The number of hydrogen-bond donors (Lipinski definition) is 0. The quantitative estimate of drug-likeness (QED) is 0.572. The summed E-state index contributed by atoms with van der Waals surface area (Å²) in [5.41, 5.74) is 0.485. The van der Waals surface area contributed by atoms with Crippen molar-refractivity contribution >= 4 is 43.2 Å². The van der Waals surface area contributed by atoms with Gasteiger partial charge in [-0.25, -0.2) is 18.7 Å². The van der Waals surface area contributed by atoms with Crippen molar-refractivity contribution in [2.75, 3.05) is 0 Å². The predicted molar refractivity (Wildman–Crippen MR) is 59.8 cm³/mol. The van der Waals surface area contributed by atoms with Crippen LogP contribution in [-0.4, -0.2) is 9.97 Å². The molecule has 0 saturated heterocycles. The molecule has 0 fully saturated rings. The summed E-state index contributed by atoms with van der Waals surface area (Å²) < 4.78 is 27.5. The zero-order chi connectivity index (χ0) is 11.3. The fourth-order valence-electron chi connectivity index (χ4n) is 1.58. The van der Waals surface area contributed by atoms with E-state index in [-0.39, 0.29) is 5.15 Å². The molecule has 0 unspecified atom stereocenters. The van der Waals surface area contributed by atoms with Crippen molar-refractivity contribution in [3.05, 3.63) is 35.2 Å². The Morgan fingerprint density at radius 2 is 1.94 bits per heavy atom. The van der Waals surface area contributed by atoms with Crippen LogP contribution in [0.5, 0.6) is 0 Å². The van der Waals surface area contributed by atoms with Crippen LogP contribution in [0.4, 0.5) is 8.78 Å². The SMILES string of the molecule is Fc1cc(F)c2sc3c(Cl)ncnc3c2c1. The summed E-state index contributed by atoms with van der Waals surface area (Å²) in [5, 5.41) is 0.688. The molecule has 0 amide bonds. The third kappa shape index (κ3) is 1.28. The molecular weight excluding hydrogens is 254 g/mol. The Bertz CT molecular complexity index is 711. The zero-order valence-electron chi connectivity index (χ0n) is 7.67. The molecule has 0 N–H and O–H groups in total. The molecule has 3 rings (SSSR count). The van der Waals surface area contributed by atoms with Gasteiger partial charge in [-0.15, -0.1) is 11.3 Å². The number of rotatable bonds is 0. The summed E-state index contributed by atoms with van der Waals surface area (Å²) in [4.78, 5) is 7.80. The van der Waals surface area contributed by atoms with Crippen molar-refractivity contribution in [2.24, 2.45) is 0 Å². The van der Waals surface area contributed by atoms with Crippen LogP contribution in [0.2, 0.25) is 5.15 Å². The molecule has 3 aromatic rings. The summed E-state index contributed by atoms with van der Waals surface area (Å²) in [6, 6.07) is 2.10. The van der Waals surface area contributed by atoms with Gasteiger partial charge < -0.3 is 0 Å². The molecule has 0 aliphatic rings. The lowest BCUT2D eigenvalue weighted by atomic mass is 10.2. The van der Waals surface area contributed by atoms with E-state index in [1.807, 2.05) is 0 Å². The molecule has 0 aliphatic heterocycles. The monoisotopic (exact) mass is 256 g/mol. The van der Waals surface area contributed by atoms with E-state index in [0.717, 1.165) is 17.4 Å². The second-order valence-corrected chi connectivity index (χ2v) is 4.59. The van der Waals surface area contributed by atoms with Gasteiger partial charge in [0.05, 0.1) is 14.9 Å². The van der Waals surface area contributed by atoms with Gasteiger partial charge >= 0.3 is 0 Å². The molecule has 0 atom stereocenters. The minimum absolute atomic E-state index is 0.256. The van der Waals surface area contributed by atoms with E-state index in [2.05, 4.69) is 9.97 Å². The third-order valence-corrected chi connectivity index (χ3v) is 3.84. The number of hydrogen-bond acceptors (Lipinski definition) is 3. The van der Waals surface area contributed by atoms with Crippen molar-refractivity contribution < 1.29 is 8.78 Å². The van der Waals surface area contributed by atoms with Crippen LogP contribution in [0.3, 0.4) is 0 Å². The number of thiophene rings is 1. The maximum absolute atomic E-state index is 13.5. The molecule has 0 spiro atoms. The number of benzene rings is 1. The summed E-state index contributed by atoms with van der Waals surface area (Å²) in [6.45, 7) is 0. The molecule has 0 aliphatic carbocycles. The fraction of sp³-hybridized carbons (Fsp3) is 0. The van der Waals surface area contributed by atoms with Crippen LogP contribution < -0.4 is 0 Å². The number of aromatic nitrogens is 2. The van der Waals surface area contributed by atoms with Gasteiger partial charge in [-0.3, -0.25) is 0 Å². The maximum atomic E-state index is 13.5. The van der Waals surface area contributed by atoms with Crippen LogP contribution in [0, 0.1) is 11.6 Å². The average Bonchev–Trinajstić information content (AvgIpc) is 2.59. The van der Waals surface area contributed by atoms with E-state index in [0.29, 0.717) is 20.3 Å². The highest BCUT2D eigenvalue weighted by Crippen LogP contribution is 2.37.